The third kappa shape index (κ3) is 3.03. The van der Waals surface area contributed by atoms with E-state index in [9.17, 15) is 13.2 Å². The van der Waals surface area contributed by atoms with Crippen molar-refractivity contribution in [2.75, 3.05) is 0 Å². The average molecular weight is 239 g/mol. The first-order chi connectivity index (χ1) is 8.05. The Morgan fingerprint density at radius 1 is 1.12 bits per heavy atom. The van der Waals surface area contributed by atoms with Crippen LogP contribution in [-0.2, 0) is 12.7 Å². The van der Waals surface area contributed by atoms with E-state index >= 15 is 0 Å². The topological polar surface area (TPSA) is 16.8 Å². The van der Waals surface area contributed by atoms with Gasteiger partial charge in [0.15, 0.2) is 18.9 Å². The van der Waals surface area contributed by atoms with Gasteiger partial charge in [0.05, 0.1) is 6.20 Å². The maximum atomic E-state index is 12.4. The van der Waals surface area contributed by atoms with Crippen LogP contribution in [0.2, 0.25) is 0 Å². The molecule has 0 unspecified atom stereocenters. The third-order valence-corrected chi connectivity index (χ3v) is 2.26. The van der Waals surface area contributed by atoms with Crippen LogP contribution in [0.25, 0.3) is 0 Å². The SMILES string of the molecule is FC(F)(F)c1c[n+](Cc2ccccc2)ccn1. The predicted octanol–water partition coefficient (Wildman–Crippen LogP) is 2.44. The van der Waals surface area contributed by atoms with Crippen molar-refractivity contribution in [2.45, 2.75) is 12.7 Å². The van der Waals surface area contributed by atoms with Gasteiger partial charge in [0.2, 0.25) is 5.69 Å². The van der Waals surface area contributed by atoms with E-state index in [1.807, 2.05) is 30.3 Å². The van der Waals surface area contributed by atoms with Crippen LogP contribution in [0.3, 0.4) is 0 Å². The molecule has 88 valence electrons. The van der Waals surface area contributed by atoms with Crippen LogP contribution in [0, 0.1) is 0 Å². The lowest BCUT2D eigenvalue weighted by Gasteiger charge is -2.03. The number of hydrogen-bond acceptors (Lipinski definition) is 1. The maximum Gasteiger partial charge on any atom is 0.439 e. The molecule has 0 saturated carbocycles. The van der Waals surface area contributed by atoms with Crippen LogP contribution < -0.4 is 4.57 Å². The number of hydrogen-bond donors (Lipinski definition) is 0. The minimum absolute atomic E-state index is 0.395. The molecule has 0 fully saturated rings. The molecule has 0 aliphatic rings. The second-order valence-electron chi connectivity index (χ2n) is 3.60. The Labute approximate surface area is 96.4 Å². The van der Waals surface area contributed by atoms with Gasteiger partial charge in [-0.25, -0.2) is 4.98 Å². The highest BCUT2D eigenvalue weighted by Gasteiger charge is 2.35. The van der Waals surface area contributed by atoms with Crippen molar-refractivity contribution in [3.63, 3.8) is 0 Å². The van der Waals surface area contributed by atoms with E-state index in [-0.39, 0.29) is 0 Å². The van der Waals surface area contributed by atoms with Gasteiger partial charge in [-0.05, 0) is 0 Å². The summed E-state index contributed by atoms with van der Waals surface area (Å²) in [6.07, 6.45) is -0.722. The normalized spacial score (nSPS) is 11.5. The van der Waals surface area contributed by atoms with Crippen LogP contribution in [0.15, 0.2) is 48.9 Å². The van der Waals surface area contributed by atoms with Crippen molar-refractivity contribution in [1.29, 1.82) is 0 Å². The summed E-state index contributed by atoms with van der Waals surface area (Å²) < 4.78 is 38.8. The van der Waals surface area contributed by atoms with Gasteiger partial charge in [0.25, 0.3) is 0 Å². The molecule has 0 aliphatic carbocycles. The van der Waals surface area contributed by atoms with E-state index in [1.165, 1.54) is 10.8 Å². The van der Waals surface area contributed by atoms with Crippen LogP contribution in [0.1, 0.15) is 11.3 Å². The van der Waals surface area contributed by atoms with Crippen molar-refractivity contribution in [3.05, 3.63) is 60.2 Å². The highest BCUT2D eigenvalue weighted by molar-refractivity contribution is 5.13. The van der Waals surface area contributed by atoms with Gasteiger partial charge in [0.1, 0.15) is 0 Å². The van der Waals surface area contributed by atoms with Crippen molar-refractivity contribution in [2.24, 2.45) is 0 Å². The van der Waals surface area contributed by atoms with Crippen molar-refractivity contribution < 1.29 is 17.7 Å². The molecular formula is C12H10F3N2+. The fraction of sp³-hybridized carbons (Fsp3) is 0.167. The molecule has 17 heavy (non-hydrogen) atoms. The zero-order valence-electron chi connectivity index (χ0n) is 8.85. The molecule has 1 aromatic heterocycles. The van der Waals surface area contributed by atoms with E-state index in [1.54, 1.807) is 0 Å². The first kappa shape index (κ1) is 11.6. The van der Waals surface area contributed by atoms with Crippen LogP contribution in [0.5, 0.6) is 0 Å². The molecule has 2 nitrogen and oxygen atoms in total. The molecule has 0 radical (unpaired) electrons. The molecule has 0 N–H and O–H groups in total. The molecule has 2 aromatic rings. The van der Waals surface area contributed by atoms with Crippen LogP contribution in [-0.4, -0.2) is 4.98 Å². The Morgan fingerprint density at radius 2 is 1.82 bits per heavy atom. The summed E-state index contributed by atoms with van der Waals surface area (Å²) in [6.45, 7) is 0.395. The number of alkyl halides is 3. The summed E-state index contributed by atoms with van der Waals surface area (Å²) in [5.74, 6) is 0. The quantitative estimate of drug-likeness (QED) is 0.735. The van der Waals surface area contributed by atoms with E-state index in [2.05, 4.69) is 4.98 Å². The van der Waals surface area contributed by atoms with Crippen molar-refractivity contribution in [3.8, 4) is 0 Å². The molecule has 1 heterocycles. The van der Waals surface area contributed by atoms with Gasteiger partial charge in [-0.3, -0.25) is 0 Å². The van der Waals surface area contributed by atoms with Gasteiger partial charge < -0.3 is 0 Å². The maximum absolute atomic E-state index is 12.4. The molecule has 0 spiro atoms. The van der Waals surface area contributed by atoms with Gasteiger partial charge in [-0.1, -0.05) is 30.3 Å². The van der Waals surface area contributed by atoms with E-state index in [0.717, 1.165) is 18.0 Å². The van der Waals surface area contributed by atoms with Gasteiger partial charge in [0, 0.05) is 5.56 Å². The highest BCUT2D eigenvalue weighted by atomic mass is 19.4. The fourth-order valence-corrected chi connectivity index (χ4v) is 1.47. The number of nitrogens with zero attached hydrogens (tertiary/aromatic N) is 2. The van der Waals surface area contributed by atoms with Gasteiger partial charge in [-0.2, -0.15) is 17.7 Å². The number of rotatable bonds is 2. The molecule has 0 atom stereocenters. The van der Waals surface area contributed by atoms with Crippen LogP contribution >= 0.6 is 0 Å². The van der Waals surface area contributed by atoms with Crippen molar-refractivity contribution in [1.82, 2.24) is 4.98 Å². The van der Waals surface area contributed by atoms with Gasteiger partial charge >= 0.3 is 6.18 Å². The summed E-state index contributed by atoms with van der Waals surface area (Å²) >= 11 is 0. The monoisotopic (exact) mass is 239 g/mol. The van der Waals surface area contributed by atoms with E-state index in [0.29, 0.717) is 6.54 Å². The summed E-state index contributed by atoms with van der Waals surface area (Å²) in [7, 11) is 0. The standard InChI is InChI=1S/C12H10F3N2/c13-12(14,15)11-9-17(7-6-16-11)8-10-4-2-1-3-5-10/h1-7,9H,8H2/q+1. The Hall–Kier alpha value is -1.91. The van der Waals surface area contributed by atoms with E-state index in [4.69, 9.17) is 0 Å². The Balaban J connectivity index is 2.23. The molecule has 2 rings (SSSR count). The molecule has 0 bridgehead atoms. The zero-order chi connectivity index (χ0) is 12.3. The summed E-state index contributed by atoms with van der Waals surface area (Å²) in [6, 6.07) is 9.28. The lowest BCUT2D eigenvalue weighted by atomic mass is 10.2. The van der Waals surface area contributed by atoms with Crippen molar-refractivity contribution >= 4 is 0 Å². The molecular weight excluding hydrogens is 229 g/mol. The number of halogens is 3. The van der Waals surface area contributed by atoms with Gasteiger partial charge in [-0.15, -0.1) is 0 Å². The minimum atomic E-state index is -4.40. The summed E-state index contributed by atoms with van der Waals surface area (Å²) in [4.78, 5) is 3.31. The van der Waals surface area contributed by atoms with Crippen LogP contribution in [0.4, 0.5) is 13.2 Å². The first-order valence-corrected chi connectivity index (χ1v) is 5.02. The second-order valence-corrected chi connectivity index (χ2v) is 3.60. The number of benzene rings is 1. The lowest BCUT2D eigenvalue weighted by molar-refractivity contribution is -0.689. The third-order valence-electron chi connectivity index (χ3n) is 2.26. The van der Waals surface area contributed by atoms with E-state index < -0.39 is 11.9 Å². The second kappa shape index (κ2) is 4.53. The predicted molar refractivity (Wildman–Crippen MR) is 55.0 cm³/mol. The summed E-state index contributed by atoms with van der Waals surface area (Å²) in [5, 5.41) is 0. The molecule has 0 saturated heterocycles. The highest BCUT2D eigenvalue weighted by Crippen LogP contribution is 2.25. The first-order valence-electron chi connectivity index (χ1n) is 5.02. The Bertz CT molecular complexity index is 495. The molecule has 5 heteroatoms. The average Bonchev–Trinajstić information content (AvgIpc) is 2.29. The summed E-state index contributed by atoms with van der Waals surface area (Å²) in [5.41, 5.74) is 0.0627. The molecule has 1 aromatic carbocycles. The molecule has 0 aliphatic heterocycles. The minimum Gasteiger partial charge on any atom is -0.240 e. The smallest absolute Gasteiger partial charge is 0.240 e. The lowest BCUT2D eigenvalue weighted by Crippen LogP contribution is -2.35. The fourth-order valence-electron chi connectivity index (χ4n) is 1.47. The Kier molecular flexibility index (Phi) is 3.08. The molecule has 0 amide bonds. The number of aromatic nitrogens is 2. The zero-order valence-corrected chi connectivity index (χ0v) is 8.85. The largest absolute Gasteiger partial charge is 0.439 e. The Morgan fingerprint density at radius 3 is 2.47 bits per heavy atom.